The lowest BCUT2D eigenvalue weighted by atomic mass is 10.1. The Bertz CT molecular complexity index is 471. The first kappa shape index (κ1) is 11.7. The highest BCUT2D eigenvalue weighted by molar-refractivity contribution is 7.07. The van der Waals surface area contributed by atoms with Crippen LogP contribution in [0.15, 0.2) is 23.0 Å². The van der Waals surface area contributed by atoms with Crippen LogP contribution in [0.25, 0.3) is 11.3 Å². The molecule has 17 heavy (non-hydrogen) atoms. The van der Waals surface area contributed by atoms with Crippen molar-refractivity contribution in [3.8, 4) is 28.5 Å². The molecule has 0 N–H and O–H groups in total. The van der Waals surface area contributed by atoms with Crippen LogP contribution >= 0.6 is 11.3 Å². The zero-order valence-corrected chi connectivity index (χ0v) is 10.7. The van der Waals surface area contributed by atoms with Gasteiger partial charge in [0.05, 0.1) is 38.1 Å². The van der Waals surface area contributed by atoms with Crippen molar-refractivity contribution in [1.29, 1.82) is 0 Å². The largest absolute Gasteiger partial charge is 0.496 e. The SMILES string of the molecule is COc1cc(OC)c(-c2cscn2)c(OC)c1. The van der Waals surface area contributed by atoms with Crippen LogP contribution in [0.4, 0.5) is 0 Å². The molecule has 5 heteroatoms. The minimum atomic E-state index is 0.687. The van der Waals surface area contributed by atoms with E-state index in [4.69, 9.17) is 14.2 Å². The Morgan fingerprint density at radius 3 is 2.06 bits per heavy atom. The zero-order chi connectivity index (χ0) is 12.3. The second-order valence-corrected chi connectivity index (χ2v) is 4.00. The molecule has 0 radical (unpaired) electrons. The maximum absolute atomic E-state index is 5.36. The Balaban J connectivity index is 2.63. The third-order valence-corrected chi connectivity index (χ3v) is 2.99. The molecular weight excluding hydrogens is 238 g/mol. The van der Waals surface area contributed by atoms with Crippen LogP contribution in [0.3, 0.4) is 0 Å². The minimum absolute atomic E-state index is 0.687. The summed E-state index contributed by atoms with van der Waals surface area (Å²) in [5.74, 6) is 2.07. The average molecular weight is 251 g/mol. The molecular formula is C12H13NO3S. The van der Waals surface area contributed by atoms with Gasteiger partial charge in [0.1, 0.15) is 17.2 Å². The molecule has 0 bridgehead atoms. The number of rotatable bonds is 4. The Labute approximate surface area is 104 Å². The van der Waals surface area contributed by atoms with Crippen molar-refractivity contribution in [2.45, 2.75) is 0 Å². The van der Waals surface area contributed by atoms with Crippen molar-refractivity contribution < 1.29 is 14.2 Å². The molecule has 0 spiro atoms. The number of hydrogen-bond acceptors (Lipinski definition) is 5. The van der Waals surface area contributed by atoms with Gasteiger partial charge in [-0.1, -0.05) is 0 Å². The molecule has 0 aliphatic carbocycles. The molecule has 1 aromatic heterocycles. The van der Waals surface area contributed by atoms with Gasteiger partial charge in [-0.3, -0.25) is 0 Å². The fraction of sp³-hybridized carbons (Fsp3) is 0.250. The number of ether oxygens (including phenoxy) is 3. The normalized spacial score (nSPS) is 10.1. The van der Waals surface area contributed by atoms with Crippen LogP contribution in [-0.2, 0) is 0 Å². The average Bonchev–Trinajstić information content (AvgIpc) is 2.90. The van der Waals surface area contributed by atoms with E-state index in [0.717, 1.165) is 11.3 Å². The molecule has 2 rings (SSSR count). The molecule has 0 fully saturated rings. The van der Waals surface area contributed by atoms with E-state index < -0.39 is 0 Å². The Morgan fingerprint density at radius 1 is 1.00 bits per heavy atom. The van der Waals surface area contributed by atoms with Crippen LogP contribution in [0.5, 0.6) is 17.2 Å². The molecule has 0 aliphatic heterocycles. The van der Waals surface area contributed by atoms with Crippen molar-refractivity contribution in [2.75, 3.05) is 21.3 Å². The maximum atomic E-state index is 5.36. The maximum Gasteiger partial charge on any atom is 0.135 e. The van der Waals surface area contributed by atoms with Gasteiger partial charge < -0.3 is 14.2 Å². The van der Waals surface area contributed by atoms with Gasteiger partial charge in [0.15, 0.2) is 0 Å². The van der Waals surface area contributed by atoms with Crippen LogP contribution in [0, 0.1) is 0 Å². The first-order chi connectivity index (χ1) is 8.30. The van der Waals surface area contributed by atoms with Crippen molar-refractivity contribution in [2.24, 2.45) is 0 Å². The summed E-state index contributed by atoms with van der Waals surface area (Å²) < 4.78 is 15.9. The molecule has 0 unspecified atom stereocenters. The van der Waals surface area contributed by atoms with Gasteiger partial charge in [-0.05, 0) is 0 Å². The topological polar surface area (TPSA) is 40.6 Å². The number of methoxy groups -OCH3 is 3. The lowest BCUT2D eigenvalue weighted by Crippen LogP contribution is -1.95. The van der Waals surface area contributed by atoms with Crippen molar-refractivity contribution in [3.63, 3.8) is 0 Å². The van der Waals surface area contributed by atoms with E-state index in [2.05, 4.69) is 4.98 Å². The fourth-order valence-electron chi connectivity index (χ4n) is 1.59. The molecule has 1 heterocycles. The van der Waals surface area contributed by atoms with E-state index in [1.54, 1.807) is 26.8 Å². The number of thiazole rings is 1. The van der Waals surface area contributed by atoms with Crippen LogP contribution < -0.4 is 14.2 Å². The Kier molecular flexibility index (Phi) is 3.49. The van der Waals surface area contributed by atoms with Gasteiger partial charge in [0.2, 0.25) is 0 Å². The predicted octanol–water partition coefficient (Wildman–Crippen LogP) is 2.84. The summed E-state index contributed by atoms with van der Waals surface area (Å²) in [4.78, 5) is 4.28. The first-order valence-electron chi connectivity index (χ1n) is 4.98. The summed E-state index contributed by atoms with van der Waals surface area (Å²) in [7, 11) is 4.84. The van der Waals surface area contributed by atoms with E-state index in [1.165, 1.54) is 11.3 Å². The molecule has 1 aromatic carbocycles. The van der Waals surface area contributed by atoms with Crippen molar-refractivity contribution in [1.82, 2.24) is 4.98 Å². The highest BCUT2D eigenvalue weighted by Gasteiger charge is 2.16. The van der Waals surface area contributed by atoms with Gasteiger partial charge in [-0.2, -0.15) is 0 Å². The standard InChI is InChI=1S/C12H13NO3S/c1-14-8-4-10(15-2)12(11(5-8)16-3)9-6-17-7-13-9/h4-7H,1-3H3. The lowest BCUT2D eigenvalue weighted by Gasteiger charge is -2.13. The molecule has 0 saturated heterocycles. The van der Waals surface area contributed by atoms with E-state index in [-0.39, 0.29) is 0 Å². The molecule has 0 saturated carbocycles. The summed E-state index contributed by atoms with van der Waals surface area (Å²) in [5, 5.41) is 1.95. The summed E-state index contributed by atoms with van der Waals surface area (Å²) in [6.07, 6.45) is 0. The van der Waals surface area contributed by atoms with Crippen LogP contribution in [0.2, 0.25) is 0 Å². The zero-order valence-electron chi connectivity index (χ0n) is 9.89. The van der Waals surface area contributed by atoms with Gasteiger partial charge >= 0.3 is 0 Å². The highest BCUT2D eigenvalue weighted by atomic mass is 32.1. The summed E-state index contributed by atoms with van der Waals surface area (Å²) >= 11 is 1.53. The van der Waals surface area contributed by atoms with Gasteiger partial charge in [0, 0.05) is 17.5 Å². The molecule has 4 nitrogen and oxygen atoms in total. The smallest absolute Gasteiger partial charge is 0.135 e. The number of aromatic nitrogens is 1. The van der Waals surface area contributed by atoms with Crippen LogP contribution in [-0.4, -0.2) is 26.3 Å². The van der Waals surface area contributed by atoms with E-state index in [1.807, 2.05) is 17.5 Å². The van der Waals surface area contributed by atoms with E-state index >= 15 is 0 Å². The molecule has 0 amide bonds. The predicted molar refractivity (Wildman–Crippen MR) is 67.2 cm³/mol. The molecule has 2 aromatic rings. The second-order valence-electron chi connectivity index (χ2n) is 3.28. The van der Waals surface area contributed by atoms with E-state index in [9.17, 15) is 0 Å². The number of hydrogen-bond donors (Lipinski definition) is 0. The minimum Gasteiger partial charge on any atom is -0.496 e. The van der Waals surface area contributed by atoms with Crippen molar-refractivity contribution >= 4 is 11.3 Å². The lowest BCUT2D eigenvalue weighted by molar-refractivity contribution is 0.377. The first-order valence-corrected chi connectivity index (χ1v) is 5.93. The third kappa shape index (κ3) is 2.19. The Hall–Kier alpha value is -1.75. The molecule has 90 valence electrons. The van der Waals surface area contributed by atoms with Gasteiger partial charge in [0.25, 0.3) is 0 Å². The van der Waals surface area contributed by atoms with Crippen molar-refractivity contribution in [3.05, 3.63) is 23.0 Å². The summed E-state index contributed by atoms with van der Waals surface area (Å²) in [6, 6.07) is 3.63. The third-order valence-electron chi connectivity index (χ3n) is 2.40. The highest BCUT2D eigenvalue weighted by Crippen LogP contribution is 2.41. The fourth-order valence-corrected chi connectivity index (χ4v) is 2.14. The Morgan fingerprint density at radius 2 is 1.65 bits per heavy atom. The number of benzene rings is 1. The van der Waals surface area contributed by atoms with Gasteiger partial charge in [-0.15, -0.1) is 11.3 Å². The second kappa shape index (κ2) is 5.05. The quantitative estimate of drug-likeness (QED) is 0.837. The number of nitrogens with zero attached hydrogens (tertiary/aromatic N) is 1. The molecule has 0 atom stereocenters. The summed E-state index contributed by atoms with van der Waals surface area (Å²) in [5.41, 5.74) is 3.46. The monoisotopic (exact) mass is 251 g/mol. The summed E-state index contributed by atoms with van der Waals surface area (Å²) in [6.45, 7) is 0. The van der Waals surface area contributed by atoms with Crippen LogP contribution in [0.1, 0.15) is 0 Å². The van der Waals surface area contributed by atoms with Gasteiger partial charge in [-0.25, -0.2) is 4.98 Å². The van der Waals surface area contributed by atoms with E-state index in [0.29, 0.717) is 17.2 Å². The molecule has 0 aliphatic rings.